The third kappa shape index (κ3) is 2.58. The van der Waals surface area contributed by atoms with E-state index in [-0.39, 0.29) is 0 Å². The lowest BCUT2D eigenvalue weighted by Crippen LogP contribution is -2.16. The van der Waals surface area contributed by atoms with Crippen LogP contribution in [0.3, 0.4) is 0 Å². The zero-order valence-corrected chi connectivity index (χ0v) is 10.7. The van der Waals surface area contributed by atoms with E-state index in [2.05, 4.69) is 50.4 Å². The third-order valence-corrected chi connectivity index (χ3v) is 3.64. The average molecular weight is 217 g/mol. The van der Waals surface area contributed by atoms with Crippen LogP contribution in [0, 0.1) is 5.92 Å². The first-order valence-corrected chi connectivity index (χ1v) is 6.52. The van der Waals surface area contributed by atoms with Crippen LogP contribution < -0.4 is 5.32 Å². The van der Waals surface area contributed by atoms with Gasteiger partial charge in [-0.3, -0.25) is 0 Å². The maximum absolute atomic E-state index is 3.72. The molecule has 0 amide bonds. The van der Waals surface area contributed by atoms with Crippen molar-refractivity contribution in [1.29, 1.82) is 0 Å². The molecule has 1 heteroatoms. The molecule has 1 N–H and O–H groups in total. The Hall–Kier alpha value is -0.980. The number of hydrogen-bond donors (Lipinski definition) is 1. The van der Waals surface area contributed by atoms with E-state index in [1.807, 2.05) is 0 Å². The van der Waals surface area contributed by atoms with Gasteiger partial charge in [0.05, 0.1) is 0 Å². The van der Waals surface area contributed by atoms with Crippen molar-refractivity contribution in [3.8, 4) is 0 Å². The summed E-state index contributed by atoms with van der Waals surface area (Å²) in [6.45, 7) is 6.88. The highest BCUT2D eigenvalue weighted by molar-refractivity contribution is 5.53. The van der Waals surface area contributed by atoms with Crippen LogP contribution in [-0.4, -0.2) is 6.04 Å². The summed E-state index contributed by atoms with van der Waals surface area (Å²) in [6.07, 6.45) is 4.03. The van der Waals surface area contributed by atoms with Gasteiger partial charge in [-0.05, 0) is 42.7 Å². The van der Waals surface area contributed by atoms with Crippen LogP contribution in [0.1, 0.15) is 51.5 Å². The summed E-state index contributed by atoms with van der Waals surface area (Å²) in [7, 11) is 0. The molecular weight excluding hydrogens is 194 g/mol. The quantitative estimate of drug-likeness (QED) is 0.790. The number of rotatable bonds is 3. The molecule has 0 aliphatic heterocycles. The summed E-state index contributed by atoms with van der Waals surface area (Å²) in [5.41, 5.74) is 2.79. The Morgan fingerprint density at radius 1 is 1.19 bits per heavy atom. The topological polar surface area (TPSA) is 12.0 Å². The van der Waals surface area contributed by atoms with Gasteiger partial charge in [-0.1, -0.05) is 39.0 Å². The number of benzene rings is 1. The molecule has 0 spiro atoms. The smallest absolute Gasteiger partial charge is 0.0377 e. The van der Waals surface area contributed by atoms with Gasteiger partial charge in [-0.15, -0.1) is 0 Å². The highest BCUT2D eigenvalue weighted by Crippen LogP contribution is 2.30. The van der Waals surface area contributed by atoms with Crippen molar-refractivity contribution in [3.05, 3.63) is 29.8 Å². The fourth-order valence-electron chi connectivity index (χ4n) is 2.69. The fourth-order valence-corrected chi connectivity index (χ4v) is 2.69. The Morgan fingerprint density at radius 3 is 2.56 bits per heavy atom. The highest BCUT2D eigenvalue weighted by Gasteiger charge is 2.21. The van der Waals surface area contributed by atoms with Gasteiger partial charge in [0.25, 0.3) is 0 Å². The number of hydrogen-bond acceptors (Lipinski definition) is 1. The Morgan fingerprint density at radius 2 is 1.94 bits per heavy atom. The SMILES string of the molecule is CC1CCC(Nc2ccccc2C(C)C)C1. The molecule has 2 rings (SSSR count). The standard InChI is InChI=1S/C15H23N/c1-11(2)14-6-4-5-7-15(14)16-13-9-8-12(3)10-13/h4-7,11-13,16H,8-10H2,1-3H3. The fraction of sp³-hybridized carbons (Fsp3) is 0.600. The minimum absolute atomic E-state index is 0.600. The molecule has 2 atom stereocenters. The largest absolute Gasteiger partial charge is 0.382 e. The van der Waals surface area contributed by atoms with Crippen LogP contribution in [0.2, 0.25) is 0 Å². The average Bonchev–Trinajstić information content (AvgIpc) is 2.64. The van der Waals surface area contributed by atoms with Gasteiger partial charge in [0.1, 0.15) is 0 Å². The molecule has 2 unspecified atom stereocenters. The number of nitrogens with one attached hydrogen (secondary N) is 1. The van der Waals surface area contributed by atoms with Crippen molar-refractivity contribution in [3.63, 3.8) is 0 Å². The first kappa shape index (κ1) is 11.5. The van der Waals surface area contributed by atoms with E-state index in [4.69, 9.17) is 0 Å². The third-order valence-electron chi connectivity index (χ3n) is 3.64. The maximum atomic E-state index is 3.72. The van der Waals surface area contributed by atoms with Crippen molar-refractivity contribution in [2.75, 3.05) is 5.32 Å². The summed E-state index contributed by atoms with van der Waals surface area (Å²) in [5.74, 6) is 1.49. The molecule has 0 aromatic heterocycles. The zero-order valence-electron chi connectivity index (χ0n) is 10.7. The van der Waals surface area contributed by atoms with Crippen LogP contribution in [-0.2, 0) is 0 Å². The molecule has 88 valence electrons. The molecule has 0 saturated heterocycles. The molecule has 16 heavy (non-hydrogen) atoms. The van der Waals surface area contributed by atoms with Gasteiger partial charge < -0.3 is 5.32 Å². The Kier molecular flexibility index (Phi) is 3.52. The Labute approximate surface area is 99.3 Å². The molecule has 1 aromatic carbocycles. The first-order valence-electron chi connectivity index (χ1n) is 6.52. The first-order chi connectivity index (χ1) is 7.66. The molecule has 1 aromatic rings. The van der Waals surface area contributed by atoms with Gasteiger partial charge in [0.2, 0.25) is 0 Å². The second-order valence-electron chi connectivity index (χ2n) is 5.50. The van der Waals surface area contributed by atoms with Gasteiger partial charge in [-0.25, -0.2) is 0 Å². The summed E-state index contributed by atoms with van der Waals surface area (Å²) in [4.78, 5) is 0. The molecule has 1 fully saturated rings. The molecule has 1 saturated carbocycles. The summed E-state index contributed by atoms with van der Waals surface area (Å²) >= 11 is 0. The molecular formula is C15H23N. The van der Waals surface area contributed by atoms with Crippen LogP contribution >= 0.6 is 0 Å². The lowest BCUT2D eigenvalue weighted by atomic mass is 10.0. The Bertz CT molecular complexity index is 343. The van der Waals surface area contributed by atoms with Crippen molar-refractivity contribution in [1.82, 2.24) is 0 Å². The van der Waals surface area contributed by atoms with Crippen molar-refractivity contribution in [2.45, 2.75) is 52.0 Å². The molecule has 1 aliphatic carbocycles. The predicted octanol–water partition coefficient (Wildman–Crippen LogP) is 4.41. The van der Waals surface area contributed by atoms with Gasteiger partial charge in [0, 0.05) is 11.7 Å². The van der Waals surface area contributed by atoms with Gasteiger partial charge in [0.15, 0.2) is 0 Å². The van der Waals surface area contributed by atoms with E-state index in [0.717, 1.165) is 5.92 Å². The van der Waals surface area contributed by atoms with Crippen LogP contribution in [0.4, 0.5) is 5.69 Å². The minimum atomic E-state index is 0.600. The predicted molar refractivity (Wildman–Crippen MR) is 71.0 cm³/mol. The number of anilines is 1. The van der Waals surface area contributed by atoms with E-state index in [9.17, 15) is 0 Å². The molecule has 0 heterocycles. The maximum Gasteiger partial charge on any atom is 0.0377 e. The lowest BCUT2D eigenvalue weighted by Gasteiger charge is -2.19. The van der Waals surface area contributed by atoms with E-state index < -0.39 is 0 Å². The monoisotopic (exact) mass is 217 g/mol. The van der Waals surface area contributed by atoms with Crippen LogP contribution in [0.15, 0.2) is 24.3 Å². The van der Waals surface area contributed by atoms with Crippen molar-refractivity contribution in [2.24, 2.45) is 5.92 Å². The van der Waals surface area contributed by atoms with E-state index >= 15 is 0 Å². The minimum Gasteiger partial charge on any atom is -0.382 e. The van der Waals surface area contributed by atoms with Gasteiger partial charge in [-0.2, -0.15) is 0 Å². The molecule has 1 aliphatic rings. The number of para-hydroxylation sites is 1. The van der Waals surface area contributed by atoms with Crippen molar-refractivity contribution < 1.29 is 0 Å². The molecule has 0 radical (unpaired) electrons. The van der Waals surface area contributed by atoms with E-state index in [1.54, 1.807) is 0 Å². The van der Waals surface area contributed by atoms with E-state index in [1.165, 1.54) is 30.5 Å². The van der Waals surface area contributed by atoms with Crippen LogP contribution in [0.25, 0.3) is 0 Å². The lowest BCUT2D eigenvalue weighted by molar-refractivity contribution is 0.602. The molecule has 1 nitrogen and oxygen atoms in total. The van der Waals surface area contributed by atoms with Crippen molar-refractivity contribution >= 4 is 5.69 Å². The molecule has 0 bridgehead atoms. The zero-order chi connectivity index (χ0) is 11.5. The summed E-state index contributed by atoms with van der Waals surface area (Å²) in [5, 5.41) is 3.72. The second kappa shape index (κ2) is 4.90. The normalized spacial score (nSPS) is 25.0. The summed E-state index contributed by atoms with van der Waals surface area (Å²) in [6, 6.07) is 9.42. The highest BCUT2D eigenvalue weighted by atomic mass is 14.9. The Balaban J connectivity index is 2.09. The summed E-state index contributed by atoms with van der Waals surface area (Å²) < 4.78 is 0. The van der Waals surface area contributed by atoms with Gasteiger partial charge >= 0.3 is 0 Å². The second-order valence-corrected chi connectivity index (χ2v) is 5.50. The van der Waals surface area contributed by atoms with Crippen LogP contribution in [0.5, 0.6) is 0 Å². The van der Waals surface area contributed by atoms with E-state index in [0.29, 0.717) is 12.0 Å².